The van der Waals surface area contributed by atoms with Gasteiger partial charge in [-0.05, 0) is 61.4 Å². The smallest absolute Gasteiger partial charge is 0.319 e. The number of carbonyl (C=O) groups is 1. The Labute approximate surface area is 180 Å². The van der Waals surface area contributed by atoms with Gasteiger partial charge in [0.2, 0.25) is 5.89 Å². The molecule has 0 saturated carbocycles. The van der Waals surface area contributed by atoms with Crippen LogP contribution >= 0.6 is 0 Å². The molecule has 2 N–H and O–H groups in total. The van der Waals surface area contributed by atoms with Crippen molar-refractivity contribution in [2.24, 2.45) is 0 Å². The number of nitrogens with zero attached hydrogens (tertiary/aromatic N) is 1. The topological polar surface area (TPSA) is 67.2 Å². The third kappa shape index (κ3) is 4.98. The zero-order valence-electron chi connectivity index (χ0n) is 17.3. The fourth-order valence-electron chi connectivity index (χ4n) is 3.29. The van der Waals surface area contributed by atoms with Crippen molar-refractivity contribution in [3.8, 4) is 22.7 Å². The normalized spacial score (nSPS) is 10.7. The van der Waals surface area contributed by atoms with Gasteiger partial charge in [0.05, 0.1) is 0 Å². The molecule has 156 valence electrons. The number of halogens is 1. The van der Waals surface area contributed by atoms with Crippen molar-refractivity contribution in [1.82, 2.24) is 10.3 Å². The van der Waals surface area contributed by atoms with E-state index in [0.717, 1.165) is 27.9 Å². The summed E-state index contributed by atoms with van der Waals surface area (Å²) in [6, 6.07) is 19.1. The van der Waals surface area contributed by atoms with Crippen LogP contribution in [0.1, 0.15) is 16.7 Å². The van der Waals surface area contributed by atoms with E-state index in [1.807, 2.05) is 18.2 Å². The lowest BCUT2D eigenvalue weighted by molar-refractivity contribution is 0.251. The van der Waals surface area contributed by atoms with E-state index in [4.69, 9.17) is 4.42 Å². The van der Waals surface area contributed by atoms with Crippen LogP contribution in [-0.2, 0) is 6.54 Å². The van der Waals surface area contributed by atoms with E-state index in [1.165, 1.54) is 17.7 Å². The van der Waals surface area contributed by atoms with Gasteiger partial charge in [-0.1, -0.05) is 35.9 Å². The van der Waals surface area contributed by atoms with Crippen LogP contribution in [0.4, 0.5) is 14.9 Å². The number of rotatable bonds is 5. The minimum absolute atomic E-state index is 0.305. The van der Waals surface area contributed by atoms with Crippen LogP contribution in [0.15, 0.2) is 77.4 Å². The fraction of sp³-hybridized carbons (Fsp3) is 0.120. The predicted octanol–water partition coefficient (Wildman–Crippen LogP) is 6.09. The molecule has 4 aromatic rings. The van der Waals surface area contributed by atoms with Gasteiger partial charge in [-0.2, -0.15) is 0 Å². The summed E-state index contributed by atoms with van der Waals surface area (Å²) in [5.74, 6) is 0.211. The van der Waals surface area contributed by atoms with Crippen molar-refractivity contribution in [3.05, 3.63) is 95.5 Å². The Hall–Kier alpha value is -3.93. The Balaban J connectivity index is 1.38. The number of nitrogens with one attached hydrogen (secondary N) is 2. The van der Waals surface area contributed by atoms with Crippen LogP contribution in [-0.4, -0.2) is 11.0 Å². The maximum Gasteiger partial charge on any atom is 0.319 e. The Morgan fingerprint density at radius 2 is 1.74 bits per heavy atom. The van der Waals surface area contributed by atoms with Crippen LogP contribution in [0.3, 0.4) is 0 Å². The van der Waals surface area contributed by atoms with E-state index < -0.39 is 0 Å². The molecule has 0 atom stereocenters. The van der Waals surface area contributed by atoms with E-state index in [-0.39, 0.29) is 11.8 Å². The number of carbonyl (C=O) groups excluding carboxylic acids is 1. The summed E-state index contributed by atoms with van der Waals surface area (Å²) in [6.07, 6.45) is 1.65. The minimum atomic E-state index is -0.342. The van der Waals surface area contributed by atoms with Gasteiger partial charge < -0.3 is 15.1 Å². The summed E-state index contributed by atoms with van der Waals surface area (Å²) in [4.78, 5) is 16.7. The standard InChI is InChI=1S/C25H22FN3O2/c1-16-3-12-22(17(2)13-16)23-15-31-24(29-23)19-6-10-21(11-7-19)28-25(30)27-14-18-4-8-20(26)9-5-18/h3-13,15H,14H2,1-2H3,(H2,27,28,30). The molecule has 0 unspecified atom stereocenters. The highest BCUT2D eigenvalue weighted by molar-refractivity contribution is 5.89. The summed E-state index contributed by atoms with van der Waals surface area (Å²) < 4.78 is 18.6. The first-order valence-corrected chi connectivity index (χ1v) is 9.91. The van der Waals surface area contributed by atoms with Gasteiger partial charge in [0, 0.05) is 23.4 Å². The molecule has 0 radical (unpaired) electrons. The first-order valence-electron chi connectivity index (χ1n) is 9.91. The number of oxazole rings is 1. The SMILES string of the molecule is Cc1ccc(-c2coc(-c3ccc(NC(=O)NCc4ccc(F)cc4)cc3)n2)c(C)c1. The van der Waals surface area contributed by atoms with Crippen molar-refractivity contribution in [3.63, 3.8) is 0 Å². The lowest BCUT2D eigenvalue weighted by Gasteiger charge is -2.08. The summed E-state index contributed by atoms with van der Waals surface area (Å²) in [5, 5.41) is 5.51. The third-order valence-corrected chi connectivity index (χ3v) is 4.92. The molecular weight excluding hydrogens is 393 g/mol. The van der Waals surface area contributed by atoms with E-state index in [1.54, 1.807) is 30.5 Å². The number of aryl methyl sites for hydroxylation is 2. The van der Waals surface area contributed by atoms with Crippen molar-refractivity contribution < 1.29 is 13.6 Å². The molecule has 0 bridgehead atoms. The van der Waals surface area contributed by atoms with Crippen LogP contribution in [0.5, 0.6) is 0 Å². The summed E-state index contributed by atoms with van der Waals surface area (Å²) >= 11 is 0. The number of benzene rings is 3. The third-order valence-electron chi connectivity index (χ3n) is 4.92. The second-order valence-corrected chi connectivity index (χ2v) is 7.37. The average Bonchev–Trinajstić information content (AvgIpc) is 3.24. The van der Waals surface area contributed by atoms with Gasteiger partial charge in [0.15, 0.2) is 0 Å². The van der Waals surface area contributed by atoms with E-state index in [9.17, 15) is 9.18 Å². The second kappa shape index (κ2) is 8.83. The number of hydrogen-bond acceptors (Lipinski definition) is 3. The molecule has 0 aliphatic carbocycles. The molecular formula is C25H22FN3O2. The Kier molecular flexibility index (Phi) is 5.80. The summed E-state index contributed by atoms with van der Waals surface area (Å²) in [7, 11) is 0. The molecule has 0 saturated heterocycles. The molecule has 0 aliphatic heterocycles. The number of aromatic nitrogens is 1. The Morgan fingerprint density at radius 1 is 1.00 bits per heavy atom. The zero-order valence-corrected chi connectivity index (χ0v) is 17.3. The molecule has 0 spiro atoms. The Bertz CT molecular complexity index is 1200. The molecule has 4 rings (SSSR count). The average molecular weight is 415 g/mol. The molecule has 0 fully saturated rings. The lowest BCUT2D eigenvalue weighted by atomic mass is 10.0. The largest absolute Gasteiger partial charge is 0.444 e. The van der Waals surface area contributed by atoms with E-state index >= 15 is 0 Å². The van der Waals surface area contributed by atoms with Crippen LogP contribution < -0.4 is 10.6 Å². The number of hydrogen-bond donors (Lipinski definition) is 2. The van der Waals surface area contributed by atoms with Crippen molar-refractivity contribution >= 4 is 11.7 Å². The fourth-order valence-corrected chi connectivity index (χ4v) is 3.29. The summed E-state index contributed by atoms with van der Waals surface area (Å²) in [6.45, 7) is 4.42. The lowest BCUT2D eigenvalue weighted by Crippen LogP contribution is -2.28. The number of amides is 2. The monoisotopic (exact) mass is 415 g/mol. The molecule has 2 amide bonds. The second-order valence-electron chi connectivity index (χ2n) is 7.37. The number of anilines is 1. The number of urea groups is 1. The molecule has 1 aromatic heterocycles. The van der Waals surface area contributed by atoms with Gasteiger partial charge in [0.25, 0.3) is 0 Å². The van der Waals surface area contributed by atoms with Gasteiger partial charge >= 0.3 is 6.03 Å². The van der Waals surface area contributed by atoms with E-state index in [2.05, 4.69) is 41.6 Å². The van der Waals surface area contributed by atoms with Crippen molar-refractivity contribution in [2.45, 2.75) is 20.4 Å². The van der Waals surface area contributed by atoms with Gasteiger partial charge in [0.1, 0.15) is 17.8 Å². The van der Waals surface area contributed by atoms with Gasteiger partial charge in [-0.25, -0.2) is 14.2 Å². The van der Waals surface area contributed by atoms with Crippen molar-refractivity contribution in [1.29, 1.82) is 0 Å². The van der Waals surface area contributed by atoms with Gasteiger partial charge in [-0.15, -0.1) is 0 Å². The summed E-state index contributed by atoms with van der Waals surface area (Å²) in [5.41, 5.74) is 6.44. The van der Waals surface area contributed by atoms with E-state index in [0.29, 0.717) is 18.1 Å². The molecule has 3 aromatic carbocycles. The maximum absolute atomic E-state index is 12.9. The Morgan fingerprint density at radius 3 is 2.45 bits per heavy atom. The molecule has 6 heteroatoms. The predicted molar refractivity (Wildman–Crippen MR) is 119 cm³/mol. The molecule has 1 heterocycles. The van der Waals surface area contributed by atoms with Crippen LogP contribution in [0.25, 0.3) is 22.7 Å². The highest BCUT2D eigenvalue weighted by Gasteiger charge is 2.11. The molecule has 31 heavy (non-hydrogen) atoms. The first-order chi connectivity index (χ1) is 15.0. The maximum atomic E-state index is 12.9. The zero-order chi connectivity index (χ0) is 21.8. The van der Waals surface area contributed by atoms with Gasteiger partial charge in [-0.3, -0.25) is 0 Å². The quantitative estimate of drug-likeness (QED) is 0.415. The van der Waals surface area contributed by atoms with Crippen molar-refractivity contribution in [2.75, 3.05) is 5.32 Å². The molecule has 5 nitrogen and oxygen atoms in total. The highest BCUT2D eigenvalue weighted by Crippen LogP contribution is 2.28. The molecule has 0 aliphatic rings. The minimum Gasteiger partial charge on any atom is -0.444 e. The van der Waals surface area contributed by atoms with Crippen LogP contribution in [0.2, 0.25) is 0 Å². The first kappa shape index (κ1) is 20.3. The highest BCUT2D eigenvalue weighted by atomic mass is 19.1. The van der Waals surface area contributed by atoms with Crippen LogP contribution in [0, 0.1) is 19.7 Å².